The van der Waals surface area contributed by atoms with E-state index < -0.39 is 0 Å². The summed E-state index contributed by atoms with van der Waals surface area (Å²) in [6.45, 7) is 2.04. The molecule has 3 N–H and O–H groups in total. The van der Waals surface area contributed by atoms with Crippen molar-refractivity contribution in [2.45, 2.75) is 18.2 Å². The van der Waals surface area contributed by atoms with Crippen LogP contribution in [0.5, 0.6) is 0 Å². The van der Waals surface area contributed by atoms with Gasteiger partial charge in [-0.05, 0) is 19.1 Å². The molecule has 0 amide bonds. The number of hydrogen-bond acceptors (Lipinski definition) is 5. The Bertz CT molecular complexity index is 314. The molecule has 0 aromatic heterocycles. The van der Waals surface area contributed by atoms with Crippen molar-refractivity contribution < 1.29 is 9.63 Å². The fourth-order valence-corrected chi connectivity index (χ4v) is 1.84. The summed E-state index contributed by atoms with van der Waals surface area (Å²) in [6.07, 6.45) is 0.336. The summed E-state index contributed by atoms with van der Waals surface area (Å²) in [7, 11) is 0. The Kier molecular flexibility index (Phi) is 5.17. The Morgan fingerprint density at radius 1 is 1.47 bits per heavy atom. The average Bonchev–Trinajstić information content (AvgIpc) is 2.21. The first kappa shape index (κ1) is 12.0. The van der Waals surface area contributed by atoms with Gasteiger partial charge < -0.3 is 4.84 Å². The van der Waals surface area contributed by atoms with Gasteiger partial charge in [-0.3, -0.25) is 4.79 Å². The summed E-state index contributed by atoms with van der Waals surface area (Å²) >= 11 is 1.61. The van der Waals surface area contributed by atoms with E-state index in [4.69, 9.17) is 5.84 Å². The predicted octanol–water partition coefficient (Wildman–Crippen LogP) is 1.40. The van der Waals surface area contributed by atoms with Gasteiger partial charge in [-0.25, -0.2) is 5.84 Å². The Morgan fingerprint density at radius 3 is 2.73 bits per heavy atom. The number of thioether (sulfide) groups is 1. The molecule has 15 heavy (non-hydrogen) atoms. The number of nitrogens with one attached hydrogen (secondary N) is 1. The fraction of sp³-hybridized carbons (Fsp3) is 0.300. The minimum Gasteiger partial charge on any atom is -0.356 e. The molecule has 0 aliphatic carbocycles. The van der Waals surface area contributed by atoms with Crippen molar-refractivity contribution in [2.75, 3.05) is 5.75 Å². The Hall–Kier alpha value is -1.04. The largest absolute Gasteiger partial charge is 0.356 e. The van der Waals surface area contributed by atoms with Crippen LogP contribution in [0.25, 0.3) is 0 Å². The topological polar surface area (TPSA) is 64.3 Å². The van der Waals surface area contributed by atoms with Gasteiger partial charge >= 0.3 is 5.97 Å². The van der Waals surface area contributed by atoms with E-state index in [-0.39, 0.29) is 5.97 Å². The fourth-order valence-electron chi connectivity index (χ4n) is 1.00. The number of carbonyl (C=O) groups is 1. The molecule has 0 bridgehead atoms. The van der Waals surface area contributed by atoms with E-state index in [1.54, 1.807) is 11.8 Å². The molecule has 0 aliphatic rings. The molecule has 0 atom stereocenters. The number of hydrazine groups is 1. The zero-order valence-electron chi connectivity index (χ0n) is 8.53. The lowest BCUT2D eigenvalue weighted by atomic mass is 10.2. The molecule has 1 aromatic rings. The summed E-state index contributed by atoms with van der Waals surface area (Å²) < 4.78 is 0. The second kappa shape index (κ2) is 6.44. The zero-order valence-corrected chi connectivity index (χ0v) is 9.34. The maximum Gasteiger partial charge on any atom is 0.327 e. The normalized spacial score (nSPS) is 10.0. The molecule has 0 spiro atoms. The molecule has 1 rings (SSSR count). The minimum atomic E-state index is -0.350. The van der Waals surface area contributed by atoms with Crippen molar-refractivity contribution in [1.82, 2.24) is 5.59 Å². The van der Waals surface area contributed by atoms with Gasteiger partial charge in [0.2, 0.25) is 0 Å². The zero-order chi connectivity index (χ0) is 11.1. The number of carbonyl (C=O) groups excluding carboxylic acids is 1. The number of benzene rings is 1. The standard InChI is InChI=1S/C10H14N2O2S/c1-8-2-4-9(5-3-8)15-7-6-10(13)14-12-11/h2-5,12H,6-7,11H2,1H3. The van der Waals surface area contributed by atoms with Gasteiger partial charge in [0.05, 0.1) is 6.42 Å². The molecule has 5 heteroatoms. The van der Waals surface area contributed by atoms with Gasteiger partial charge in [0, 0.05) is 10.6 Å². The third kappa shape index (κ3) is 4.83. The van der Waals surface area contributed by atoms with Crippen LogP contribution in [0.1, 0.15) is 12.0 Å². The van der Waals surface area contributed by atoms with Crippen molar-refractivity contribution in [3.05, 3.63) is 29.8 Å². The van der Waals surface area contributed by atoms with E-state index in [0.29, 0.717) is 12.2 Å². The lowest BCUT2D eigenvalue weighted by molar-refractivity contribution is -0.150. The number of hydrogen-bond donors (Lipinski definition) is 2. The van der Waals surface area contributed by atoms with Gasteiger partial charge in [-0.2, -0.15) is 0 Å². The molecule has 82 valence electrons. The highest BCUT2D eigenvalue weighted by Gasteiger charge is 2.02. The van der Waals surface area contributed by atoms with E-state index in [0.717, 1.165) is 4.90 Å². The van der Waals surface area contributed by atoms with Crippen molar-refractivity contribution in [3.63, 3.8) is 0 Å². The van der Waals surface area contributed by atoms with Crippen LogP contribution in [0.3, 0.4) is 0 Å². The summed E-state index contributed by atoms with van der Waals surface area (Å²) in [4.78, 5) is 16.4. The van der Waals surface area contributed by atoms with Gasteiger partial charge in [0.25, 0.3) is 0 Å². The molecule has 4 nitrogen and oxygen atoms in total. The smallest absolute Gasteiger partial charge is 0.327 e. The first-order valence-electron chi connectivity index (χ1n) is 4.57. The highest BCUT2D eigenvalue weighted by Crippen LogP contribution is 2.18. The second-order valence-corrected chi connectivity index (χ2v) is 4.17. The minimum absolute atomic E-state index is 0.336. The highest BCUT2D eigenvalue weighted by molar-refractivity contribution is 7.99. The van der Waals surface area contributed by atoms with E-state index in [1.165, 1.54) is 5.56 Å². The Labute approximate surface area is 93.1 Å². The molecule has 0 saturated carbocycles. The summed E-state index contributed by atoms with van der Waals surface area (Å²) in [5, 5.41) is 0. The Morgan fingerprint density at radius 2 is 2.13 bits per heavy atom. The number of nitrogens with two attached hydrogens (primary N) is 1. The quantitative estimate of drug-likeness (QED) is 0.451. The molecule has 0 saturated heterocycles. The SMILES string of the molecule is Cc1ccc(SCCC(=O)ONN)cc1. The molecule has 0 radical (unpaired) electrons. The highest BCUT2D eigenvalue weighted by atomic mass is 32.2. The Balaban J connectivity index is 2.26. The molecule has 1 aromatic carbocycles. The van der Waals surface area contributed by atoms with E-state index in [1.807, 2.05) is 36.8 Å². The molecular formula is C10H14N2O2S. The third-order valence-corrected chi connectivity index (χ3v) is 2.78. The second-order valence-electron chi connectivity index (χ2n) is 3.00. The lowest BCUT2D eigenvalue weighted by Crippen LogP contribution is -2.26. The average molecular weight is 226 g/mol. The van der Waals surface area contributed by atoms with Crippen LogP contribution < -0.4 is 11.4 Å². The van der Waals surface area contributed by atoms with Gasteiger partial charge in [-0.1, -0.05) is 23.3 Å². The van der Waals surface area contributed by atoms with Crippen LogP contribution in [-0.2, 0) is 9.63 Å². The predicted molar refractivity (Wildman–Crippen MR) is 59.9 cm³/mol. The first-order chi connectivity index (χ1) is 7.22. The summed E-state index contributed by atoms with van der Waals surface area (Å²) in [5.74, 6) is 5.16. The number of aryl methyl sites for hydroxylation is 1. The van der Waals surface area contributed by atoms with Crippen LogP contribution in [0.15, 0.2) is 29.2 Å². The molecule has 0 heterocycles. The molecule has 0 fully saturated rings. The first-order valence-corrected chi connectivity index (χ1v) is 5.55. The third-order valence-electron chi connectivity index (χ3n) is 1.77. The lowest BCUT2D eigenvalue weighted by Gasteiger charge is -2.02. The maximum atomic E-state index is 10.9. The maximum absolute atomic E-state index is 10.9. The van der Waals surface area contributed by atoms with Crippen molar-refractivity contribution in [1.29, 1.82) is 0 Å². The van der Waals surface area contributed by atoms with Crippen molar-refractivity contribution in [3.8, 4) is 0 Å². The van der Waals surface area contributed by atoms with Gasteiger partial charge in [0.15, 0.2) is 0 Å². The van der Waals surface area contributed by atoms with E-state index >= 15 is 0 Å². The van der Waals surface area contributed by atoms with Crippen LogP contribution in [0.4, 0.5) is 0 Å². The van der Waals surface area contributed by atoms with E-state index in [2.05, 4.69) is 4.84 Å². The molecular weight excluding hydrogens is 212 g/mol. The number of rotatable bonds is 5. The van der Waals surface area contributed by atoms with Gasteiger partial charge in [0.1, 0.15) is 0 Å². The summed E-state index contributed by atoms with van der Waals surface area (Å²) in [5.41, 5.74) is 3.09. The molecule has 0 aliphatic heterocycles. The molecule has 0 unspecified atom stereocenters. The van der Waals surface area contributed by atoms with Gasteiger partial charge in [-0.15, -0.1) is 11.8 Å². The van der Waals surface area contributed by atoms with E-state index in [9.17, 15) is 4.79 Å². The summed E-state index contributed by atoms with van der Waals surface area (Å²) in [6, 6.07) is 8.16. The van der Waals surface area contributed by atoms with Crippen molar-refractivity contribution >= 4 is 17.7 Å². The van der Waals surface area contributed by atoms with Crippen LogP contribution in [-0.4, -0.2) is 11.7 Å². The van der Waals surface area contributed by atoms with Crippen LogP contribution >= 0.6 is 11.8 Å². The van der Waals surface area contributed by atoms with Crippen LogP contribution in [0.2, 0.25) is 0 Å². The van der Waals surface area contributed by atoms with Crippen LogP contribution in [0, 0.1) is 6.92 Å². The monoisotopic (exact) mass is 226 g/mol. The van der Waals surface area contributed by atoms with Crippen molar-refractivity contribution in [2.24, 2.45) is 5.84 Å².